The summed E-state index contributed by atoms with van der Waals surface area (Å²) >= 11 is 6.01. The second-order valence-corrected chi connectivity index (χ2v) is 6.75. The number of fused-ring (bicyclic) bond motifs is 1. The van der Waals surface area contributed by atoms with Crippen molar-refractivity contribution >= 4 is 34.1 Å². The fourth-order valence-corrected chi connectivity index (χ4v) is 2.96. The highest BCUT2D eigenvalue weighted by atomic mass is 35.5. The standard InChI is InChI=1S/C19H18ClFN2O2/c1-19(2,14-10-22-15-6-5-12(21)9-13(14)15)18(24)23-16-8-11(20)4-7-17(16)25-3/h4-10,22H,1-3H3,(H,23,24). The van der Waals surface area contributed by atoms with Crippen molar-refractivity contribution in [1.29, 1.82) is 0 Å². The van der Waals surface area contributed by atoms with E-state index < -0.39 is 5.41 Å². The molecule has 0 saturated carbocycles. The summed E-state index contributed by atoms with van der Waals surface area (Å²) < 4.78 is 18.9. The molecule has 3 aromatic rings. The van der Waals surface area contributed by atoms with Crippen molar-refractivity contribution in [2.75, 3.05) is 12.4 Å². The molecule has 130 valence electrons. The minimum Gasteiger partial charge on any atom is -0.495 e. The summed E-state index contributed by atoms with van der Waals surface area (Å²) in [5, 5.41) is 4.02. The molecule has 2 N–H and O–H groups in total. The number of anilines is 1. The van der Waals surface area contributed by atoms with E-state index in [2.05, 4.69) is 10.3 Å². The van der Waals surface area contributed by atoms with Crippen LogP contribution in [0.25, 0.3) is 10.9 Å². The molecule has 0 radical (unpaired) electrons. The minimum absolute atomic E-state index is 0.252. The maximum atomic E-state index is 13.6. The van der Waals surface area contributed by atoms with E-state index >= 15 is 0 Å². The molecule has 0 saturated heterocycles. The summed E-state index contributed by atoms with van der Waals surface area (Å²) in [6.07, 6.45) is 1.74. The first-order valence-electron chi connectivity index (χ1n) is 7.75. The summed E-state index contributed by atoms with van der Waals surface area (Å²) in [6, 6.07) is 9.46. The highest BCUT2D eigenvalue weighted by Crippen LogP contribution is 2.34. The molecule has 2 aromatic carbocycles. The number of amides is 1. The third-order valence-corrected chi connectivity index (χ3v) is 4.53. The molecule has 0 fully saturated rings. The van der Waals surface area contributed by atoms with Crippen LogP contribution in [0.2, 0.25) is 5.02 Å². The number of aromatic amines is 1. The summed E-state index contributed by atoms with van der Waals surface area (Å²) in [7, 11) is 1.52. The SMILES string of the molecule is COc1ccc(Cl)cc1NC(=O)C(C)(C)c1c[nH]c2ccc(F)cc12. The fourth-order valence-electron chi connectivity index (χ4n) is 2.79. The quantitative estimate of drug-likeness (QED) is 0.696. The van der Waals surface area contributed by atoms with Gasteiger partial charge in [-0.1, -0.05) is 11.6 Å². The molecule has 1 amide bonds. The zero-order chi connectivity index (χ0) is 18.2. The second kappa shape index (κ2) is 6.41. The summed E-state index contributed by atoms with van der Waals surface area (Å²) in [4.78, 5) is 16.0. The van der Waals surface area contributed by atoms with Crippen LogP contribution in [0.3, 0.4) is 0 Å². The first-order chi connectivity index (χ1) is 11.8. The number of rotatable bonds is 4. The second-order valence-electron chi connectivity index (χ2n) is 6.32. The molecule has 1 aromatic heterocycles. The first-order valence-corrected chi connectivity index (χ1v) is 8.13. The molecule has 3 rings (SSSR count). The van der Waals surface area contributed by atoms with E-state index in [1.807, 2.05) is 0 Å². The van der Waals surface area contributed by atoms with E-state index in [0.717, 1.165) is 5.52 Å². The van der Waals surface area contributed by atoms with Crippen LogP contribution in [0.4, 0.5) is 10.1 Å². The molecule has 1 heterocycles. The normalized spacial score (nSPS) is 11.6. The van der Waals surface area contributed by atoms with Gasteiger partial charge in [0.2, 0.25) is 5.91 Å². The number of benzene rings is 2. The molecule has 0 atom stereocenters. The number of H-pyrrole nitrogens is 1. The lowest BCUT2D eigenvalue weighted by Gasteiger charge is -2.24. The predicted molar refractivity (Wildman–Crippen MR) is 97.9 cm³/mol. The Morgan fingerprint density at radius 2 is 2.00 bits per heavy atom. The number of hydrogen-bond acceptors (Lipinski definition) is 2. The molecule has 0 unspecified atom stereocenters. The Bertz CT molecular complexity index is 950. The van der Waals surface area contributed by atoms with Crippen molar-refractivity contribution in [3.8, 4) is 5.75 Å². The number of aromatic nitrogens is 1. The van der Waals surface area contributed by atoms with Crippen LogP contribution in [0.5, 0.6) is 5.75 Å². The van der Waals surface area contributed by atoms with Gasteiger partial charge in [0.05, 0.1) is 18.2 Å². The van der Waals surface area contributed by atoms with E-state index in [0.29, 0.717) is 27.4 Å². The molecular weight excluding hydrogens is 343 g/mol. The van der Waals surface area contributed by atoms with Gasteiger partial charge in [-0.05, 0) is 55.8 Å². The molecule has 0 aliphatic rings. The van der Waals surface area contributed by atoms with Crippen LogP contribution in [-0.2, 0) is 10.2 Å². The van der Waals surface area contributed by atoms with Crippen LogP contribution in [0.15, 0.2) is 42.6 Å². The van der Waals surface area contributed by atoms with Crippen molar-refractivity contribution in [2.24, 2.45) is 0 Å². The number of carbonyl (C=O) groups is 1. The maximum absolute atomic E-state index is 13.6. The van der Waals surface area contributed by atoms with Crippen molar-refractivity contribution in [3.05, 3.63) is 59.0 Å². The number of ether oxygens (including phenoxy) is 1. The van der Waals surface area contributed by atoms with E-state index in [1.54, 1.807) is 44.3 Å². The van der Waals surface area contributed by atoms with Gasteiger partial charge in [-0.25, -0.2) is 4.39 Å². The third-order valence-electron chi connectivity index (χ3n) is 4.29. The van der Waals surface area contributed by atoms with Crippen LogP contribution in [0.1, 0.15) is 19.4 Å². The van der Waals surface area contributed by atoms with E-state index in [4.69, 9.17) is 16.3 Å². The first kappa shape index (κ1) is 17.3. The summed E-state index contributed by atoms with van der Waals surface area (Å²) in [6.45, 7) is 3.57. The van der Waals surface area contributed by atoms with Gasteiger partial charge >= 0.3 is 0 Å². The largest absolute Gasteiger partial charge is 0.495 e. The lowest BCUT2D eigenvalue weighted by Crippen LogP contribution is -2.34. The predicted octanol–water partition coefficient (Wildman–Crippen LogP) is 4.89. The van der Waals surface area contributed by atoms with Gasteiger partial charge < -0.3 is 15.0 Å². The number of halogens is 2. The van der Waals surface area contributed by atoms with Crippen LogP contribution >= 0.6 is 11.6 Å². The van der Waals surface area contributed by atoms with Crippen molar-refractivity contribution in [1.82, 2.24) is 4.98 Å². The lowest BCUT2D eigenvalue weighted by atomic mass is 9.83. The molecule has 0 aliphatic carbocycles. The van der Waals surface area contributed by atoms with Crippen LogP contribution in [0, 0.1) is 5.82 Å². The fraction of sp³-hybridized carbons (Fsp3) is 0.211. The third kappa shape index (κ3) is 3.20. The molecule has 6 heteroatoms. The van der Waals surface area contributed by atoms with Crippen molar-refractivity contribution in [2.45, 2.75) is 19.3 Å². The topological polar surface area (TPSA) is 54.1 Å². The summed E-state index contributed by atoms with van der Waals surface area (Å²) in [5.41, 5.74) is 1.07. The monoisotopic (exact) mass is 360 g/mol. The van der Waals surface area contributed by atoms with E-state index in [9.17, 15) is 9.18 Å². The number of methoxy groups -OCH3 is 1. The Balaban J connectivity index is 1.97. The number of carbonyl (C=O) groups excluding carboxylic acids is 1. The zero-order valence-electron chi connectivity index (χ0n) is 14.1. The van der Waals surface area contributed by atoms with Gasteiger partial charge in [-0.15, -0.1) is 0 Å². The Hall–Kier alpha value is -2.53. The van der Waals surface area contributed by atoms with Crippen molar-refractivity contribution < 1.29 is 13.9 Å². The molecular formula is C19H18ClFN2O2. The minimum atomic E-state index is -0.903. The smallest absolute Gasteiger partial charge is 0.234 e. The van der Waals surface area contributed by atoms with Gasteiger partial charge in [0.1, 0.15) is 11.6 Å². The molecule has 0 bridgehead atoms. The molecule has 25 heavy (non-hydrogen) atoms. The Kier molecular flexibility index (Phi) is 4.43. The van der Waals surface area contributed by atoms with E-state index in [-0.39, 0.29) is 11.7 Å². The van der Waals surface area contributed by atoms with Gasteiger partial charge in [0, 0.05) is 22.1 Å². The number of hydrogen-bond donors (Lipinski definition) is 2. The van der Waals surface area contributed by atoms with Gasteiger partial charge in [0.15, 0.2) is 0 Å². The Labute approximate surface area is 149 Å². The van der Waals surface area contributed by atoms with Crippen molar-refractivity contribution in [3.63, 3.8) is 0 Å². The molecule has 0 aliphatic heterocycles. The van der Waals surface area contributed by atoms with Crippen LogP contribution in [-0.4, -0.2) is 18.0 Å². The van der Waals surface area contributed by atoms with Gasteiger partial charge in [-0.2, -0.15) is 0 Å². The van der Waals surface area contributed by atoms with Gasteiger partial charge in [0.25, 0.3) is 0 Å². The highest BCUT2D eigenvalue weighted by Gasteiger charge is 2.33. The highest BCUT2D eigenvalue weighted by molar-refractivity contribution is 6.31. The van der Waals surface area contributed by atoms with E-state index in [1.165, 1.54) is 19.2 Å². The molecule has 0 spiro atoms. The van der Waals surface area contributed by atoms with Crippen LogP contribution < -0.4 is 10.1 Å². The number of nitrogens with one attached hydrogen (secondary N) is 2. The maximum Gasteiger partial charge on any atom is 0.234 e. The Morgan fingerprint density at radius 3 is 2.72 bits per heavy atom. The van der Waals surface area contributed by atoms with Gasteiger partial charge in [-0.3, -0.25) is 4.79 Å². The zero-order valence-corrected chi connectivity index (χ0v) is 14.9. The molecule has 4 nitrogen and oxygen atoms in total. The lowest BCUT2D eigenvalue weighted by molar-refractivity contribution is -0.120. The average molecular weight is 361 g/mol. The average Bonchev–Trinajstić information content (AvgIpc) is 2.98. The Morgan fingerprint density at radius 1 is 1.24 bits per heavy atom. The summed E-state index contributed by atoms with van der Waals surface area (Å²) in [5.74, 6) is -0.0854.